The van der Waals surface area contributed by atoms with Crippen LogP contribution in [0.5, 0.6) is 5.75 Å². The van der Waals surface area contributed by atoms with E-state index in [4.69, 9.17) is 9.15 Å². The van der Waals surface area contributed by atoms with Crippen molar-refractivity contribution in [2.45, 2.75) is 25.8 Å². The molecule has 1 aliphatic carbocycles. The molecule has 1 aliphatic heterocycles. The minimum atomic E-state index is -0.188. The highest BCUT2D eigenvalue weighted by molar-refractivity contribution is 5.87. The molecule has 0 amide bonds. The van der Waals surface area contributed by atoms with Crippen LogP contribution in [0.1, 0.15) is 23.1 Å². The number of pyridine rings is 1. The van der Waals surface area contributed by atoms with Gasteiger partial charge in [0.25, 0.3) is 5.82 Å². The number of hydrogen-bond acceptors (Lipinski definition) is 4. The lowest BCUT2D eigenvalue weighted by molar-refractivity contribution is -0.364. The Morgan fingerprint density at radius 3 is 2.83 bits per heavy atom. The number of benzene rings is 1. The van der Waals surface area contributed by atoms with Crippen LogP contribution in [0, 0.1) is 0 Å². The fourth-order valence-corrected chi connectivity index (χ4v) is 3.79. The molecule has 1 aromatic carbocycles. The largest absolute Gasteiger partial charge is 0.454 e. The molecule has 5 heteroatoms. The molecule has 0 saturated carbocycles. The molecule has 0 fully saturated rings. The third-order valence-corrected chi connectivity index (χ3v) is 4.96. The Labute approximate surface area is 138 Å². The molecule has 120 valence electrons. The molecule has 3 heterocycles. The highest BCUT2D eigenvalue weighted by atomic mass is 16.5. The smallest absolute Gasteiger partial charge is 0.339 e. The predicted octanol–water partition coefficient (Wildman–Crippen LogP) is 2.45. The van der Waals surface area contributed by atoms with Gasteiger partial charge in [-0.1, -0.05) is 6.07 Å². The SMILES string of the molecule is O=c1oc2c3c(ccc2c2c1CCC2)OCN(c1cccc[nH+]1)C3. The van der Waals surface area contributed by atoms with Gasteiger partial charge in [0.2, 0.25) is 6.73 Å². The number of ether oxygens (including phenoxy) is 1. The van der Waals surface area contributed by atoms with Gasteiger partial charge in [-0.25, -0.2) is 14.7 Å². The Bertz CT molecular complexity index is 995. The number of aryl methyl sites for hydroxylation is 1. The van der Waals surface area contributed by atoms with Crippen molar-refractivity contribution < 1.29 is 14.1 Å². The molecule has 0 saturated heterocycles. The molecule has 3 aromatic rings. The lowest BCUT2D eigenvalue weighted by atomic mass is 10.0. The van der Waals surface area contributed by atoms with E-state index in [0.29, 0.717) is 18.9 Å². The van der Waals surface area contributed by atoms with Crippen molar-refractivity contribution >= 4 is 16.8 Å². The van der Waals surface area contributed by atoms with Crippen molar-refractivity contribution in [1.29, 1.82) is 0 Å². The van der Waals surface area contributed by atoms with Crippen molar-refractivity contribution in [1.82, 2.24) is 0 Å². The number of aromatic nitrogens is 1. The van der Waals surface area contributed by atoms with Crippen LogP contribution in [0.2, 0.25) is 0 Å². The first-order valence-corrected chi connectivity index (χ1v) is 8.26. The second kappa shape index (κ2) is 5.09. The van der Waals surface area contributed by atoms with Gasteiger partial charge in [0.15, 0.2) is 0 Å². The lowest BCUT2D eigenvalue weighted by Crippen LogP contribution is -2.35. The van der Waals surface area contributed by atoms with E-state index in [-0.39, 0.29) is 5.63 Å². The summed E-state index contributed by atoms with van der Waals surface area (Å²) in [4.78, 5) is 17.7. The molecule has 24 heavy (non-hydrogen) atoms. The highest BCUT2D eigenvalue weighted by Gasteiger charge is 2.29. The molecule has 5 rings (SSSR count). The minimum absolute atomic E-state index is 0.188. The second-order valence-corrected chi connectivity index (χ2v) is 6.34. The Hall–Kier alpha value is -2.82. The van der Waals surface area contributed by atoms with Gasteiger partial charge in [0, 0.05) is 17.0 Å². The molecular formula is C19H17N2O3+. The molecule has 0 unspecified atom stereocenters. The minimum Gasteiger partial charge on any atom is -0.454 e. The zero-order valence-corrected chi connectivity index (χ0v) is 13.2. The lowest BCUT2D eigenvalue weighted by Gasteiger charge is -2.24. The molecule has 5 nitrogen and oxygen atoms in total. The van der Waals surface area contributed by atoms with Crippen molar-refractivity contribution in [2.75, 3.05) is 11.6 Å². The van der Waals surface area contributed by atoms with Gasteiger partial charge in [0.05, 0.1) is 11.8 Å². The Morgan fingerprint density at radius 1 is 1.04 bits per heavy atom. The van der Waals surface area contributed by atoms with E-state index in [1.165, 1.54) is 0 Å². The molecule has 2 aliphatic rings. The number of nitrogens with zero attached hydrogens (tertiary/aromatic N) is 1. The summed E-state index contributed by atoms with van der Waals surface area (Å²) in [5.41, 5.74) is 3.45. The van der Waals surface area contributed by atoms with E-state index < -0.39 is 0 Å². The topological polar surface area (TPSA) is 56.8 Å². The number of hydrogen-bond donors (Lipinski definition) is 0. The average Bonchev–Trinajstić information content (AvgIpc) is 3.13. The van der Waals surface area contributed by atoms with Gasteiger partial charge < -0.3 is 9.15 Å². The number of H-pyrrole nitrogens is 1. The van der Waals surface area contributed by atoms with Crippen LogP contribution in [0.15, 0.2) is 45.7 Å². The van der Waals surface area contributed by atoms with Crippen LogP contribution in [0.25, 0.3) is 11.0 Å². The first-order chi connectivity index (χ1) is 11.8. The molecule has 0 atom stereocenters. The normalized spacial score (nSPS) is 15.9. The van der Waals surface area contributed by atoms with Gasteiger partial charge in [-0.15, -0.1) is 0 Å². The summed E-state index contributed by atoms with van der Waals surface area (Å²) in [7, 11) is 0. The van der Waals surface area contributed by atoms with Gasteiger partial charge in [-0.3, -0.25) is 0 Å². The monoisotopic (exact) mass is 321 g/mol. The molecule has 2 aromatic heterocycles. The number of rotatable bonds is 1. The maximum absolute atomic E-state index is 12.3. The zero-order valence-electron chi connectivity index (χ0n) is 13.2. The number of fused-ring (bicyclic) bond motifs is 5. The number of anilines is 1. The highest BCUT2D eigenvalue weighted by Crippen LogP contribution is 2.36. The summed E-state index contributed by atoms with van der Waals surface area (Å²) in [6.07, 6.45) is 4.69. The predicted molar refractivity (Wildman–Crippen MR) is 89.2 cm³/mol. The van der Waals surface area contributed by atoms with Gasteiger partial charge in [0.1, 0.15) is 17.9 Å². The van der Waals surface area contributed by atoms with Gasteiger partial charge in [-0.05, 0) is 43.0 Å². The van der Waals surface area contributed by atoms with Crippen LogP contribution in [0.4, 0.5) is 5.82 Å². The van der Waals surface area contributed by atoms with E-state index >= 15 is 0 Å². The molecule has 0 bridgehead atoms. The van der Waals surface area contributed by atoms with E-state index in [2.05, 4.69) is 9.88 Å². The molecule has 1 N–H and O–H groups in total. The molecule has 0 radical (unpaired) electrons. The quantitative estimate of drug-likeness (QED) is 0.646. The van der Waals surface area contributed by atoms with Gasteiger partial charge >= 0.3 is 5.63 Å². The third-order valence-electron chi connectivity index (χ3n) is 4.96. The third kappa shape index (κ3) is 1.94. The van der Waals surface area contributed by atoms with Crippen molar-refractivity contribution in [3.8, 4) is 5.75 Å². The van der Waals surface area contributed by atoms with Crippen LogP contribution < -0.4 is 20.2 Å². The standard InChI is InChI=1S/C19H16N2O3/c22-19-14-5-3-4-12(14)13-7-8-16-15(18(13)24-19)10-21(11-23-16)17-6-1-2-9-20-17/h1-2,6-9H,3-5,10-11H2/p+1. The van der Waals surface area contributed by atoms with Crippen molar-refractivity contribution in [2.24, 2.45) is 0 Å². The van der Waals surface area contributed by atoms with Gasteiger partial charge in [-0.2, -0.15) is 0 Å². The van der Waals surface area contributed by atoms with Crippen molar-refractivity contribution in [3.63, 3.8) is 0 Å². The summed E-state index contributed by atoms with van der Waals surface area (Å²) in [6.45, 7) is 1.11. The number of nitrogens with one attached hydrogen (secondary N) is 1. The Balaban J connectivity index is 1.68. The fourth-order valence-electron chi connectivity index (χ4n) is 3.79. The first kappa shape index (κ1) is 13.6. The zero-order chi connectivity index (χ0) is 16.1. The molecular weight excluding hydrogens is 304 g/mol. The second-order valence-electron chi connectivity index (χ2n) is 6.34. The molecule has 0 spiro atoms. The van der Waals surface area contributed by atoms with E-state index in [0.717, 1.165) is 52.9 Å². The number of aromatic amines is 1. The maximum atomic E-state index is 12.3. The van der Waals surface area contributed by atoms with Crippen LogP contribution >= 0.6 is 0 Å². The maximum Gasteiger partial charge on any atom is 0.339 e. The Kier molecular flexibility index (Phi) is 2.89. The summed E-state index contributed by atoms with van der Waals surface area (Å²) in [5, 5.41) is 1.06. The van der Waals surface area contributed by atoms with E-state index in [9.17, 15) is 4.79 Å². The average molecular weight is 321 g/mol. The van der Waals surface area contributed by atoms with Crippen molar-refractivity contribution in [3.05, 3.63) is 63.6 Å². The van der Waals surface area contributed by atoms with Crippen LogP contribution in [-0.2, 0) is 19.4 Å². The summed E-state index contributed by atoms with van der Waals surface area (Å²) in [5.74, 6) is 1.78. The van der Waals surface area contributed by atoms with Crippen LogP contribution in [-0.4, -0.2) is 6.73 Å². The van der Waals surface area contributed by atoms with Crippen LogP contribution in [0.3, 0.4) is 0 Å². The summed E-state index contributed by atoms with van der Waals surface area (Å²) < 4.78 is 11.6. The summed E-state index contributed by atoms with van der Waals surface area (Å²) >= 11 is 0. The van der Waals surface area contributed by atoms with E-state index in [1.807, 2.05) is 36.5 Å². The Morgan fingerprint density at radius 2 is 1.96 bits per heavy atom. The first-order valence-electron chi connectivity index (χ1n) is 8.26. The fraction of sp³-hybridized carbons (Fsp3) is 0.263. The summed E-state index contributed by atoms with van der Waals surface area (Å²) in [6, 6.07) is 9.97. The van der Waals surface area contributed by atoms with E-state index in [1.54, 1.807) is 0 Å².